The first-order valence-electron chi connectivity index (χ1n) is 19.0. The van der Waals surface area contributed by atoms with E-state index in [0.717, 1.165) is 97.7 Å². The molecule has 7 nitrogen and oxygen atoms in total. The molecule has 286 valence electrons. The molecular weight excluding hydrogens is 711 g/mol. The van der Waals surface area contributed by atoms with Crippen LogP contribution in [0.25, 0.3) is 0 Å². The topological polar surface area (TPSA) is 82.1 Å². The van der Waals surface area contributed by atoms with Crippen LogP contribution in [0.4, 0.5) is 17.1 Å². The molecule has 0 aliphatic heterocycles. The van der Waals surface area contributed by atoms with Gasteiger partial charge in [-0.25, -0.2) is 13.4 Å². The van der Waals surface area contributed by atoms with Crippen LogP contribution in [-0.4, -0.2) is 51.5 Å². The molecule has 3 aromatic carbocycles. The van der Waals surface area contributed by atoms with Crippen molar-refractivity contribution < 1.29 is 13.2 Å². The van der Waals surface area contributed by atoms with Gasteiger partial charge >= 0.3 is 0 Å². The molecule has 0 aliphatic rings. The minimum absolute atomic E-state index is 0.00639. The summed E-state index contributed by atoms with van der Waals surface area (Å²) in [7, 11) is 0.00476. The van der Waals surface area contributed by atoms with Crippen molar-refractivity contribution in [3.8, 4) is 0 Å². The summed E-state index contributed by atoms with van der Waals surface area (Å²) in [5.74, 6) is -0.479. The predicted octanol–water partition coefficient (Wildman–Crippen LogP) is 11.8. The number of nitrogens with one attached hydrogen (secondary N) is 1. The van der Waals surface area contributed by atoms with E-state index in [1.54, 1.807) is 4.31 Å². The van der Waals surface area contributed by atoms with Gasteiger partial charge in [0.2, 0.25) is 10.0 Å². The van der Waals surface area contributed by atoms with Crippen molar-refractivity contribution in [2.75, 3.05) is 37.4 Å². The second-order valence-electron chi connectivity index (χ2n) is 14.3. The molecule has 3 aromatic rings. The third-order valence-corrected chi connectivity index (χ3v) is 12.1. The summed E-state index contributed by atoms with van der Waals surface area (Å²) in [4.78, 5) is 21.1. The van der Waals surface area contributed by atoms with Crippen molar-refractivity contribution in [3.63, 3.8) is 0 Å². The normalized spacial score (nSPS) is 12.1. The second-order valence-corrected chi connectivity index (χ2v) is 17.0. The summed E-state index contributed by atoms with van der Waals surface area (Å²) in [6.07, 6.45) is 12.7. The number of carbonyl (C=O) groups excluding carboxylic acids is 1. The van der Waals surface area contributed by atoms with E-state index in [0.29, 0.717) is 18.8 Å². The minimum Gasteiger partial charge on any atom is -0.378 e. The van der Waals surface area contributed by atoms with Gasteiger partial charge in [0.1, 0.15) is 10.6 Å². The number of hydrogen-bond donors (Lipinski definition) is 1. The molecule has 3 rings (SSSR count). The van der Waals surface area contributed by atoms with Crippen molar-refractivity contribution in [1.82, 2.24) is 4.31 Å². The van der Waals surface area contributed by atoms with Gasteiger partial charge < -0.3 is 10.2 Å². The van der Waals surface area contributed by atoms with Gasteiger partial charge in [-0.1, -0.05) is 119 Å². The predicted molar refractivity (Wildman–Crippen MR) is 223 cm³/mol. The fourth-order valence-corrected chi connectivity index (χ4v) is 8.89. The Hall–Kier alpha value is -2.91. The summed E-state index contributed by atoms with van der Waals surface area (Å²) in [6, 6.07) is 12.8. The first kappa shape index (κ1) is 43.5. The van der Waals surface area contributed by atoms with Crippen LogP contribution in [0.15, 0.2) is 52.4 Å². The highest BCUT2D eigenvalue weighted by atomic mass is 35.5. The Kier molecular flexibility index (Phi) is 17.6. The molecule has 0 atom stereocenters. The van der Waals surface area contributed by atoms with Crippen LogP contribution in [0.2, 0.25) is 10.0 Å². The van der Waals surface area contributed by atoms with Gasteiger partial charge in [-0.05, 0) is 87.6 Å². The average Bonchev–Trinajstić information content (AvgIpc) is 3.07. The molecule has 1 N–H and O–H groups in total. The van der Waals surface area contributed by atoms with Crippen LogP contribution < -0.4 is 10.2 Å². The van der Waals surface area contributed by atoms with Crippen LogP contribution in [0, 0.1) is 27.7 Å². The highest BCUT2D eigenvalue weighted by molar-refractivity contribution is 7.89. The molecule has 0 aromatic heterocycles. The van der Waals surface area contributed by atoms with Crippen LogP contribution in [-0.2, 0) is 14.8 Å². The number of amides is 1. The maximum absolute atomic E-state index is 14.2. The Morgan fingerprint density at radius 3 is 1.77 bits per heavy atom. The highest BCUT2D eigenvalue weighted by Crippen LogP contribution is 2.35. The molecule has 0 spiro atoms. The standard InChI is InChI=1S/C42H60Cl2N4O3S/c1-9-11-13-15-17-19-23-48(24-20-18-16-14-12-10-2)52(50,51)39-29-35(43)38(28-36(39)44)46-42(49)41(40-32(5)25-30(3)26-33(40)6)45-37-22-21-34(47(7)8)27-31(37)4/h21-22,25-29H,9-20,23-24H2,1-8H3,(H,46,49). The zero-order valence-electron chi connectivity index (χ0n) is 32.7. The first-order valence-corrected chi connectivity index (χ1v) is 21.2. The Bertz CT molecular complexity index is 1750. The number of anilines is 2. The Balaban J connectivity index is 1.96. The van der Waals surface area contributed by atoms with E-state index in [-0.39, 0.29) is 26.3 Å². The summed E-state index contributed by atoms with van der Waals surface area (Å²) in [5.41, 5.74) is 6.68. The van der Waals surface area contributed by atoms with E-state index in [1.165, 1.54) is 25.0 Å². The zero-order valence-corrected chi connectivity index (χ0v) is 35.0. The van der Waals surface area contributed by atoms with E-state index in [2.05, 4.69) is 19.2 Å². The lowest BCUT2D eigenvalue weighted by atomic mass is 9.95. The molecule has 0 saturated heterocycles. The smallest absolute Gasteiger partial charge is 0.274 e. The van der Waals surface area contributed by atoms with Gasteiger partial charge in [-0.15, -0.1) is 0 Å². The number of unbranched alkanes of at least 4 members (excludes halogenated alkanes) is 10. The SMILES string of the molecule is CCCCCCCCN(CCCCCCCC)S(=O)(=O)c1cc(Cl)c(NC(=O)C(=Nc2ccc(N(C)C)cc2C)c2c(C)cc(C)cc2C)cc1Cl. The fourth-order valence-electron chi connectivity index (χ4n) is 6.57. The molecule has 0 fully saturated rings. The van der Waals surface area contributed by atoms with Gasteiger partial charge in [0, 0.05) is 38.4 Å². The van der Waals surface area contributed by atoms with Crippen LogP contribution in [0.3, 0.4) is 0 Å². The van der Waals surface area contributed by atoms with Gasteiger partial charge in [0.25, 0.3) is 5.91 Å². The van der Waals surface area contributed by atoms with Gasteiger partial charge in [-0.2, -0.15) is 4.31 Å². The lowest BCUT2D eigenvalue weighted by Crippen LogP contribution is -2.33. The number of hydrogen-bond acceptors (Lipinski definition) is 5. The summed E-state index contributed by atoms with van der Waals surface area (Å²) >= 11 is 13.5. The maximum atomic E-state index is 14.2. The number of carbonyl (C=O) groups is 1. The quantitative estimate of drug-likeness (QED) is 0.0863. The molecule has 0 heterocycles. The molecule has 0 saturated carbocycles. The van der Waals surface area contributed by atoms with Crippen molar-refractivity contribution in [2.24, 2.45) is 4.99 Å². The molecule has 0 bridgehead atoms. The summed E-state index contributed by atoms with van der Waals surface area (Å²) in [5, 5.41) is 3.00. The van der Waals surface area contributed by atoms with E-state index >= 15 is 0 Å². The summed E-state index contributed by atoms with van der Waals surface area (Å²) in [6.45, 7) is 13.1. The Labute approximate surface area is 324 Å². The molecule has 1 amide bonds. The van der Waals surface area contributed by atoms with E-state index in [9.17, 15) is 13.2 Å². The van der Waals surface area contributed by atoms with Gasteiger partial charge in [0.05, 0.1) is 21.4 Å². The number of sulfonamides is 1. The van der Waals surface area contributed by atoms with Crippen molar-refractivity contribution >= 4 is 61.9 Å². The molecule has 52 heavy (non-hydrogen) atoms. The van der Waals surface area contributed by atoms with E-state index < -0.39 is 15.9 Å². The number of halogens is 2. The maximum Gasteiger partial charge on any atom is 0.274 e. The van der Waals surface area contributed by atoms with Gasteiger partial charge in [-0.3, -0.25) is 4.79 Å². The molecule has 0 aliphatic carbocycles. The Morgan fingerprint density at radius 1 is 0.712 bits per heavy atom. The minimum atomic E-state index is -3.95. The van der Waals surface area contributed by atoms with E-state index in [1.807, 2.05) is 77.0 Å². The molecule has 0 radical (unpaired) electrons. The average molecular weight is 772 g/mol. The zero-order chi connectivity index (χ0) is 38.4. The largest absolute Gasteiger partial charge is 0.378 e. The fraction of sp³-hybridized carbons (Fsp3) is 0.524. The molecule has 10 heteroatoms. The number of aryl methyl sites for hydroxylation is 4. The van der Waals surface area contributed by atoms with E-state index in [4.69, 9.17) is 28.2 Å². The third-order valence-electron chi connectivity index (χ3n) is 9.47. The number of rotatable bonds is 21. The molecular formula is C42H60Cl2N4O3S. The van der Waals surface area contributed by atoms with Crippen molar-refractivity contribution in [3.05, 3.63) is 80.3 Å². The lowest BCUT2D eigenvalue weighted by Gasteiger charge is -2.23. The third kappa shape index (κ3) is 12.3. The van der Waals surface area contributed by atoms with Crippen LogP contribution >= 0.6 is 23.2 Å². The lowest BCUT2D eigenvalue weighted by molar-refractivity contribution is -0.110. The van der Waals surface area contributed by atoms with Crippen molar-refractivity contribution in [1.29, 1.82) is 0 Å². The highest BCUT2D eigenvalue weighted by Gasteiger charge is 2.28. The van der Waals surface area contributed by atoms with Crippen molar-refractivity contribution in [2.45, 2.75) is 123 Å². The Morgan fingerprint density at radius 2 is 1.25 bits per heavy atom. The van der Waals surface area contributed by atoms with Crippen LogP contribution in [0.5, 0.6) is 0 Å². The number of aliphatic imine (C=N–C) groups is 1. The first-order chi connectivity index (χ1) is 24.7. The van der Waals surface area contributed by atoms with Crippen LogP contribution in [0.1, 0.15) is 119 Å². The number of nitrogens with zero attached hydrogens (tertiary/aromatic N) is 3. The molecule has 0 unspecified atom stereocenters. The summed E-state index contributed by atoms with van der Waals surface area (Å²) < 4.78 is 29.9. The second kappa shape index (κ2) is 21.1. The monoisotopic (exact) mass is 770 g/mol. The van der Waals surface area contributed by atoms with Gasteiger partial charge in [0.15, 0.2) is 0 Å². The number of benzene rings is 3.